The molecular formula is C24H21F3N4. The number of nitrogens with zero attached hydrogens (tertiary/aromatic N) is 3. The van der Waals surface area contributed by atoms with Gasteiger partial charge in [0.1, 0.15) is 12.1 Å². The zero-order chi connectivity index (χ0) is 22.2. The summed E-state index contributed by atoms with van der Waals surface area (Å²) in [6.45, 7) is 6.44. The average Bonchev–Trinajstić information content (AvgIpc) is 2.73. The third-order valence-electron chi connectivity index (χ3n) is 5.02. The Bertz CT molecular complexity index is 1230. The van der Waals surface area contributed by atoms with Crippen LogP contribution in [0.25, 0.3) is 22.3 Å². The van der Waals surface area contributed by atoms with Crippen molar-refractivity contribution in [3.63, 3.8) is 0 Å². The van der Waals surface area contributed by atoms with Gasteiger partial charge in [-0.1, -0.05) is 51.1 Å². The fourth-order valence-electron chi connectivity index (χ4n) is 3.34. The largest absolute Gasteiger partial charge is 0.417 e. The third kappa shape index (κ3) is 4.35. The molecule has 2 aromatic heterocycles. The van der Waals surface area contributed by atoms with E-state index in [0.717, 1.165) is 11.8 Å². The molecule has 4 aromatic rings. The van der Waals surface area contributed by atoms with Gasteiger partial charge in [0.25, 0.3) is 0 Å². The van der Waals surface area contributed by atoms with E-state index in [1.807, 2.05) is 12.1 Å². The van der Waals surface area contributed by atoms with E-state index in [-0.39, 0.29) is 16.7 Å². The monoisotopic (exact) mass is 422 g/mol. The van der Waals surface area contributed by atoms with Crippen molar-refractivity contribution in [2.24, 2.45) is 0 Å². The fraction of sp³-hybridized carbons (Fsp3) is 0.208. The van der Waals surface area contributed by atoms with Gasteiger partial charge in [0.15, 0.2) is 5.65 Å². The molecule has 4 nitrogen and oxygen atoms in total. The number of fused-ring (bicyclic) bond motifs is 1. The third-order valence-corrected chi connectivity index (χ3v) is 5.02. The minimum absolute atomic E-state index is 0.0165. The van der Waals surface area contributed by atoms with E-state index >= 15 is 0 Å². The van der Waals surface area contributed by atoms with Gasteiger partial charge in [0.2, 0.25) is 0 Å². The molecule has 0 aliphatic carbocycles. The lowest BCUT2D eigenvalue weighted by molar-refractivity contribution is -0.137. The lowest BCUT2D eigenvalue weighted by atomic mass is 9.87. The van der Waals surface area contributed by atoms with Crippen LogP contribution >= 0.6 is 0 Å². The van der Waals surface area contributed by atoms with E-state index in [9.17, 15) is 13.2 Å². The summed E-state index contributed by atoms with van der Waals surface area (Å²) in [7, 11) is 0. The smallest absolute Gasteiger partial charge is 0.340 e. The molecule has 4 rings (SSSR count). The van der Waals surface area contributed by atoms with E-state index < -0.39 is 11.7 Å². The minimum atomic E-state index is -4.47. The second-order valence-corrected chi connectivity index (χ2v) is 8.29. The Balaban J connectivity index is 1.70. The zero-order valence-corrected chi connectivity index (χ0v) is 17.3. The molecule has 0 aliphatic heterocycles. The molecule has 1 N–H and O–H groups in total. The zero-order valence-electron chi connectivity index (χ0n) is 17.3. The van der Waals surface area contributed by atoms with Gasteiger partial charge in [0, 0.05) is 11.3 Å². The van der Waals surface area contributed by atoms with Gasteiger partial charge in [-0.15, -0.1) is 0 Å². The highest BCUT2D eigenvalue weighted by Gasteiger charge is 2.33. The molecule has 0 unspecified atom stereocenters. The summed E-state index contributed by atoms with van der Waals surface area (Å²) in [6.07, 6.45) is -3.12. The standard InChI is InChI=1S/C24H21F3N4/c1-23(2,3)15-8-10-16(11-9-15)30-21-18-12-13-20(31-22(18)29-14-28-21)17-6-4-5-7-19(17)24(25,26)27/h4-14H,1-3H3,(H,28,29,30,31). The molecule has 0 bridgehead atoms. The number of pyridine rings is 1. The van der Waals surface area contributed by atoms with Crippen LogP contribution in [0.1, 0.15) is 31.9 Å². The van der Waals surface area contributed by atoms with E-state index in [1.165, 1.54) is 24.0 Å². The minimum Gasteiger partial charge on any atom is -0.340 e. The summed E-state index contributed by atoms with van der Waals surface area (Å²) in [6, 6.07) is 16.7. The second-order valence-electron chi connectivity index (χ2n) is 8.29. The van der Waals surface area contributed by atoms with Crippen molar-refractivity contribution in [2.75, 3.05) is 5.32 Å². The van der Waals surface area contributed by atoms with E-state index in [1.54, 1.807) is 18.2 Å². The van der Waals surface area contributed by atoms with Crippen LogP contribution in [-0.2, 0) is 11.6 Å². The highest BCUT2D eigenvalue weighted by atomic mass is 19.4. The Morgan fingerprint density at radius 3 is 2.19 bits per heavy atom. The van der Waals surface area contributed by atoms with Gasteiger partial charge < -0.3 is 5.32 Å². The topological polar surface area (TPSA) is 50.7 Å². The second kappa shape index (κ2) is 7.65. The van der Waals surface area contributed by atoms with E-state index in [2.05, 4.69) is 53.2 Å². The van der Waals surface area contributed by atoms with Crippen LogP contribution in [0, 0.1) is 0 Å². The van der Waals surface area contributed by atoms with Crippen LogP contribution in [0.5, 0.6) is 0 Å². The van der Waals surface area contributed by atoms with Gasteiger partial charge in [-0.2, -0.15) is 13.2 Å². The number of hydrogen-bond donors (Lipinski definition) is 1. The summed E-state index contributed by atoms with van der Waals surface area (Å²) >= 11 is 0. The summed E-state index contributed by atoms with van der Waals surface area (Å²) in [5.74, 6) is 0.539. The molecule has 0 radical (unpaired) electrons. The van der Waals surface area contributed by atoms with E-state index in [4.69, 9.17) is 0 Å². The lowest BCUT2D eigenvalue weighted by Crippen LogP contribution is -2.10. The van der Waals surface area contributed by atoms with E-state index in [0.29, 0.717) is 16.9 Å². The van der Waals surface area contributed by atoms with Crippen molar-refractivity contribution in [1.82, 2.24) is 15.0 Å². The maximum absolute atomic E-state index is 13.4. The highest BCUT2D eigenvalue weighted by Crippen LogP contribution is 2.37. The number of hydrogen-bond acceptors (Lipinski definition) is 4. The van der Waals surface area contributed by atoms with Gasteiger partial charge in [-0.05, 0) is 41.3 Å². The Hall–Kier alpha value is -3.48. The SMILES string of the molecule is CC(C)(C)c1ccc(Nc2ncnc3nc(-c4ccccc4C(F)(F)F)ccc23)cc1. The van der Waals surface area contributed by atoms with Crippen LogP contribution in [0.15, 0.2) is 67.0 Å². The predicted molar refractivity (Wildman–Crippen MR) is 116 cm³/mol. The molecule has 2 aromatic carbocycles. The van der Waals surface area contributed by atoms with Crippen molar-refractivity contribution < 1.29 is 13.2 Å². The van der Waals surface area contributed by atoms with Crippen molar-refractivity contribution in [3.05, 3.63) is 78.1 Å². The van der Waals surface area contributed by atoms with Gasteiger partial charge in [-0.3, -0.25) is 0 Å². The Morgan fingerprint density at radius 1 is 0.806 bits per heavy atom. The van der Waals surface area contributed by atoms with Crippen molar-refractivity contribution in [3.8, 4) is 11.3 Å². The number of rotatable bonds is 3. The molecular weight excluding hydrogens is 401 g/mol. The number of benzene rings is 2. The first-order valence-electron chi connectivity index (χ1n) is 9.79. The number of halogens is 3. The molecule has 158 valence electrons. The quantitative estimate of drug-likeness (QED) is 0.397. The molecule has 31 heavy (non-hydrogen) atoms. The Morgan fingerprint density at radius 2 is 1.52 bits per heavy atom. The van der Waals surface area contributed by atoms with Crippen molar-refractivity contribution >= 4 is 22.5 Å². The maximum atomic E-state index is 13.4. The summed E-state index contributed by atoms with van der Waals surface area (Å²) in [5.41, 5.74) is 1.92. The number of alkyl halides is 3. The van der Waals surface area contributed by atoms with Crippen LogP contribution in [0.2, 0.25) is 0 Å². The molecule has 0 spiro atoms. The van der Waals surface area contributed by atoms with Crippen LogP contribution < -0.4 is 5.32 Å². The number of anilines is 2. The number of aromatic nitrogens is 3. The molecule has 0 amide bonds. The molecule has 7 heteroatoms. The summed E-state index contributed by atoms with van der Waals surface area (Å²) in [4.78, 5) is 12.8. The average molecular weight is 422 g/mol. The predicted octanol–water partition coefficient (Wildman–Crippen LogP) is 6.75. The lowest BCUT2D eigenvalue weighted by Gasteiger charge is -2.19. The molecule has 0 saturated heterocycles. The number of nitrogens with one attached hydrogen (secondary N) is 1. The Labute approximate surface area is 178 Å². The molecule has 0 atom stereocenters. The molecule has 0 fully saturated rings. The highest BCUT2D eigenvalue weighted by molar-refractivity contribution is 5.89. The van der Waals surface area contributed by atoms with Gasteiger partial charge >= 0.3 is 6.18 Å². The Kier molecular flexibility index (Phi) is 5.13. The molecule has 0 saturated carbocycles. The van der Waals surface area contributed by atoms with Crippen LogP contribution in [0.3, 0.4) is 0 Å². The molecule has 2 heterocycles. The van der Waals surface area contributed by atoms with Gasteiger partial charge in [-0.25, -0.2) is 15.0 Å². The summed E-state index contributed by atoms with van der Waals surface area (Å²) in [5, 5.41) is 3.87. The maximum Gasteiger partial charge on any atom is 0.417 e. The first-order chi connectivity index (χ1) is 14.6. The normalized spacial score (nSPS) is 12.2. The summed E-state index contributed by atoms with van der Waals surface area (Å²) < 4.78 is 40.2. The van der Waals surface area contributed by atoms with Crippen molar-refractivity contribution in [1.29, 1.82) is 0 Å². The first-order valence-corrected chi connectivity index (χ1v) is 9.79. The van der Waals surface area contributed by atoms with Crippen molar-refractivity contribution in [2.45, 2.75) is 32.4 Å². The van der Waals surface area contributed by atoms with Gasteiger partial charge in [0.05, 0.1) is 16.6 Å². The van der Waals surface area contributed by atoms with Crippen LogP contribution in [-0.4, -0.2) is 15.0 Å². The molecule has 0 aliphatic rings. The fourth-order valence-corrected chi connectivity index (χ4v) is 3.34. The first kappa shape index (κ1) is 20.8. The van der Waals surface area contributed by atoms with Crippen LogP contribution in [0.4, 0.5) is 24.7 Å².